The lowest BCUT2D eigenvalue weighted by Crippen LogP contribution is -2.61. The van der Waals surface area contributed by atoms with Gasteiger partial charge in [0.2, 0.25) is 0 Å². The first-order valence-corrected chi connectivity index (χ1v) is 8.96. The highest BCUT2D eigenvalue weighted by Gasteiger charge is 2.34. The molecule has 0 spiro atoms. The number of likely N-dealkylation sites (tertiary alicyclic amines) is 1. The Morgan fingerprint density at radius 2 is 2.00 bits per heavy atom. The van der Waals surface area contributed by atoms with E-state index in [4.69, 9.17) is 10.00 Å². The Balaban J connectivity index is 1.89. The summed E-state index contributed by atoms with van der Waals surface area (Å²) >= 11 is 0. The van der Waals surface area contributed by atoms with E-state index in [9.17, 15) is 4.79 Å². The Labute approximate surface area is 151 Å². The van der Waals surface area contributed by atoms with Gasteiger partial charge in [-0.1, -0.05) is 29.8 Å². The summed E-state index contributed by atoms with van der Waals surface area (Å²) < 4.78 is 5.40. The number of unbranched alkanes of at least 4 members (excludes halogenated alkanes) is 1. The van der Waals surface area contributed by atoms with Gasteiger partial charge in [0.25, 0.3) is 0 Å². The molecule has 136 valence electrons. The predicted octanol–water partition coefficient (Wildman–Crippen LogP) is 3.94. The van der Waals surface area contributed by atoms with Gasteiger partial charge in [0.1, 0.15) is 5.60 Å². The number of carbonyl (C=O) groups is 1. The number of nitrogens with one attached hydrogen (secondary N) is 1. The maximum atomic E-state index is 12.0. The minimum Gasteiger partial charge on any atom is -0.444 e. The van der Waals surface area contributed by atoms with Gasteiger partial charge in [-0.25, -0.2) is 4.79 Å². The van der Waals surface area contributed by atoms with Crippen LogP contribution < -0.4 is 5.32 Å². The number of ether oxygens (including phenoxy) is 1. The standard InChI is InChI=1S/C20H29N3O2/c1-15-8-10-16(11-9-15)18(7-5-6-12-21)22-17-13-23(14-17)19(24)25-20(2,3)4/h8-11,17-18,22H,5-7,13-14H2,1-4H3/t18-/m1/s1. The highest BCUT2D eigenvalue weighted by atomic mass is 16.6. The van der Waals surface area contributed by atoms with Crippen LogP contribution in [0.15, 0.2) is 24.3 Å². The number of nitriles is 1. The SMILES string of the molecule is Cc1ccc([C@@H](CCCC#N)NC2CN(C(=O)OC(C)(C)C)C2)cc1. The quantitative estimate of drug-likeness (QED) is 0.795. The van der Waals surface area contributed by atoms with Crippen LogP contribution in [-0.2, 0) is 4.74 Å². The maximum absolute atomic E-state index is 12.0. The zero-order valence-corrected chi connectivity index (χ0v) is 15.7. The summed E-state index contributed by atoms with van der Waals surface area (Å²) in [5.41, 5.74) is 2.01. The van der Waals surface area contributed by atoms with Crippen molar-refractivity contribution in [1.82, 2.24) is 10.2 Å². The Bertz CT molecular complexity index is 607. The lowest BCUT2D eigenvalue weighted by atomic mass is 9.97. The number of benzene rings is 1. The summed E-state index contributed by atoms with van der Waals surface area (Å²) in [6, 6.07) is 11.2. The number of aryl methyl sites for hydroxylation is 1. The highest BCUT2D eigenvalue weighted by Crippen LogP contribution is 2.23. The van der Waals surface area contributed by atoms with Crippen molar-refractivity contribution < 1.29 is 9.53 Å². The van der Waals surface area contributed by atoms with E-state index in [2.05, 4.69) is 42.6 Å². The first-order valence-electron chi connectivity index (χ1n) is 8.96. The van der Waals surface area contributed by atoms with Gasteiger partial charge in [-0.05, 0) is 46.1 Å². The van der Waals surface area contributed by atoms with Crippen LogP contribution in [0.25, 0.3) is 0 Å². The van der Waals surface area contributed by atoms with Crippen molar-refractivity contribution in [2.75, 3.05) is 13.1 Å². The Morgan fingerprint density at radius 3 is 2.56 bits per heavy atom. The van der Waals surface area contributed by atoms with Crippen LogP contribution in [0.2, 0.25) is 0 Å². The lowest BCUT2D eigenvalue weighted by molar-refractivity contribution is 0.00399. The first kappa shape index (κ1) is 19.3. The molecule has 0 aliphatic carbocycles. The molecule has 1 aliphatic heterocycles. The summed E-state index contributed by atoms with van der Waals surface area (Å²) in [6.07, 6.45) is 2.10. The van der Waals surface area contributed by atoms with Gasteiger partial charge in [0.05, 0.1) is 6.07 Å². The molecule has 1 heterocycles. The summed E-state index contributed by atoms with van der Waals surface area (Å²) in [7, 11) is 0. The zero-order valence-electron chi connectivity index (χ0n) is 15.7. The Morgan fingerprint density at radius 1 is 1.36 bits per heavy atom. The van der Waals surface area contributed by atoms with Gasteiger partial charge < -0.3 is 15.0 Å². The fourth-order valence-corrected chi connectivity index (χ4v) is 2.87. The van der Waals surface area contributed by atoms with E-state index in [1.807, 2.05) is 20.8 Å². The summed E-state index contributed by atoms with van der Waals surface area (Å²) in [5, 5.41) is 12.4. The van der Waals surface area contributed by atoms with Gasteiger partial charge in [0.15, 0.2) is 0 Å². The van der Waals surface area contributed by atoms with Crippen LogP contribution in [0.4, 0.5) is 4.79 Å². The van der Waals surface area contributed by atoms with Gasteiger partial charge in [0, 0.05) is 31.6 Å². The molecule has 1 fully saturated rings. The second kappa shape index (κ2) is 8.35. The fraction of sp³-hybridized carbons (Fsp3) is 0.600. The summed E-state index contributed by atoms with van der Waals surface area (Å²) in [4.78, 5) is 13.8. The van der Waals surface area contributed by atoms with Crippen molar-refractivity contribution >= 4 is 6.09 Å². The van der Waals surface area contributed by atoms with Crippen LogP contribution in [-0.4, -0.2) is 35.7 Å². The predicted molar refractivity (Wildman–Crippen MR) is 98.1 cm³/mol. The third-order valence-electron chi connectivity index (χ3n) is 4.23. The number of hydrogen-bond acceptors (Lipinski definition) is 4. The lowest BCUT2D eigenvalue weighted by Gasteiger charge is -2.42. The van der Waals surface area contributed by atoms with Crippen LogP contribution in [0.5, 0.6) is 0 Å². The Hall–Kier alpha value is -2.06. The van der Waals surface area contributed by atoms with E-state index in [1.54, 1.807) is 4.90 Å². The third-order valence-corrected chi connectivity index (χ3v) is 4.23. The summed E-state index contributed by atoms with van der Waals surface area (Å²) in [5.74, 6) is 0. The topological polar surface area (TPSA) is 65.4 Å². The van der Waals surface area contributed by atoms with Crippen molar-refractivity contribution in [3.05, 3.63) is 35.4 Å². The van der Waals surface area contributed by atoms with Crippen LogP contribution in [0.1, 0.15) is 57.2 Å². The van der Waals surface area contributed by atoms with Crippen LogP contribution in [0, 0.1) is 18.3 Å². The molecule has 1 atom stereocenters. The normalized spacial score (nSPS) is 16.0. The molecular weight excluding hydrogens is 314 g/mol. The fourth-order valence-electron chi connectivity index (χ4n) is 2.87. The van der Waals surface area contributed by atoms with Gasteiger partial charge in [-0.3, -0.25) is 0 Å². The molecular formula is C20H29N3O2. The maximum Gasteiger partial charge on any atom is 0.410 e. The van der Waals surface area contributed by atoms with Crippen molar-refractivity contribution in [3.8, 4) is 6.07 Å². The molecule has 1 saturated heterocycles. The molecule has 0 unspecified atom stereocenters. The molecule has 2 rings (SSSR count). The molecule has 5 heteroatoms. The molecule has 1 amide bonds. The number of hydrogen-bond donors (Lipinski definition) is 1. The number of nitrogens with zero attached hydrogens (tertiary/aromatic N) is 2. The van der Waals surface area contributed by atoms with E-state index in [1.165, 1.54) is 11.1 Å². The minimum atomic E-state index is -0.461. The van der Waals surface area contributed by atoms with E-state index >= 15 is 0 Å². The highest BCUT2D eigenvalue weighted by molar-refractivity contribution is 5.69. The Kier molecular flexibility index (Phi) is 6.44. The van der Waals surface area contributed by atoms with Crippen LogP contribution in [0.3, 0.4) is 0 Å². The van der Waals surface area contributed by atoms with Crippen molar-refractivity contribution in [3.63, 3.8) is 0 Å². The number of amides is 1. The van der Waals surface area contributed by atoms with E-state index in [-0.39, 0.29) is 18.2 Å². The van der Waals surface area contributed by atoms with Crippen molar-refractivity contribution in [1.29, 1.82) is 5.26 Å². The molecule has 1 aromatic carbocycles. The molecule has 1 aliphatic rings. The molecule has 0 aromatic heterocycles. The average molecular weight is 343 g/mol. The molecule has 1 aromatic rings. The van der Waals surface area contributed by atoms with Crippen LogP contribution >= 0.6 is 0 Å². The molecule has 25 heavy (non-hydrogen) atoms. The molecule has 0 radical (unpaired) electrons. The van der Waals surface area contributed by atoms with Gasteiger partial charge in [-0.15, -0.1) is 0 Å². The largest absolute Gasteiger partial charge is 0.444 e. The van der Waals surface area contributed by atoms with Crippen molar-refractivity contribution in [2.45, 2.75) is 64.6 Å². The van der Waals surface area contributed by atoms with E-state index in [0.29, 0.717) is 19.5 Å². The molecule has 1 N–H and O–H groups in total. The second-order valence-corrected chi connectivity index (χ2v) is 7.76. The van der Waals surface area contributed by atoms with E-state index in [0.717, 1.165) is 12.8 Å². The molecule has 0 bridgehead atoms. The number of rotatable bonds is 6. The number of carbonyl (C=O) groups excluding carboxylic acids is 1. The third kappa shape index (κ3) is 6.06. The average Bonchev–Trinajstić information content (AvgIpc) is 2.47. The van der Waals surface area contributed by atoms with Gasteiger partial charge >= 0.3 is 6.09 Å². The van der Waals surface area contributed by atoms with E-state index < -0.39 is 5.60 Å². The monoisotopic (exact) mass is 343 g/mol. The second-order valence-electron chi connectivity index (χ2n) is 7.76. The zero-order chi connectivity index (χ0) is 18.4. The van der Waals surface area contributed by atoms with Gasteiger partial charge in [-0.2, -0.15) is 5.26 Å². The smallest absolute Gasteiger partial charge is 0.410 e. The minimum absolute atomic E-state index is 0.208. The van der Waals surface area contributed by atoms with Crippen molar-refractivity contribution in [2.24, 2.45) is 0 Å². The summed E-state index contributed by atoms with van der Waals surface area (Å²) in [6.45, 7) is 9.03. The molecule has 5 nitrogen and oxygen atoms in total. The first-order chi connectivity index (χ1) is 11.8. The molecule has 0 saturated carbocycles.